The van der Waals surface area contributed by atoms with Gasteiger partial charge in [-0.25, -0.2) is 9.98 Å². The van der Waals surface area contributed by atoms with Crippen molar-refractivity contribution in [2.75, 3.05) is 39.1 Å². The number of nitrogens with zero attached hydrogens (tertiary/aromatic N) is 6. The molecule has 2 amide bonds. The average molecular weight is 588 g/mol. The van der Waals surface area contributed by atoms with Gasteiger partial charge in [0, 0.05) is 62.7 Å². The SMILES string of the molecule is CCCCC(=O)Nc1csc(-c2cncc(-c3ccc(C(=O)N(C)C4CCN(C5=NCCC=N5)CC4)c(OC)c3)n2)c1. The molecule has 0 atom stereocenters. The number of unbranched alkanes of at least 4 members (excludes halogenated alkanes) is 1. The Morgan fingerprint density at radius 2 is 1.98 bits per heavy atom. The highest BCUT2D eigenvalue weighted by Gasteiger charge is 2.29. The predicted molar refractivity (Wildman–Crippen MR) is 168 cm³/mol. The van der Waals surface area contributed by atoms with E-state index in [9.17, 15) is 9.59 Å². The number of guanidine groups is 1. The number of carbonyl (C=O) groups is 2. The standard InChI is InChI=1S/C31H37N7O3S/c1-4-5-7-29(39)35-22-17-28(42-20-22)26-19-32-18-25(36-26)21-8-9-24(27(16-21)41-3)30(40)37(2)23-10-14-38(15-11-23)31-33-12-6-13-34-31/h8-9,12,16-20,23H,4-7,10-11,13-15H2,1-3H3,(H,35,39). The van der Waals surface area contributed by atoms with Crippen LogP contribution in [-0.4, -0.2) is 83.6 Å². The van der Waals surface area contributed by atoms with Crippen LogP contribution in [0.15, 0.2) is 52.0 Å². The van der Waals surface area contributed by atoms with Crippen LogP contribution in [0.2, 0.25) is 0 Å². The Hall–Kier alpha value is -4.12. The molecular formula is C31H37N7O3S. The lowest BCUT2D eigenvalue weighted by Crippen LogP contribution is -2.47. The van der Waals surface area contributed by atoms with E-state index in [1.807, 2.05) is 41.7 Å². The summed E-state index contributed by atoms with van der Waals surface area (Å²) in [6, 6.07) is 7.57. The van der Waals surface area contributed by atoms with Crippen LogP contribution in [0.25, 0.3) is 21.8 Å². The minimum absolute atomic E-state index is 0.0167. The summed E-state index contributed by atoms with van der Waals surface area (Å²) in [4.78, 5) is 48.8. The van der Waals surface area contributed by atoms with Gasteiger partial charge in [-0.2, -0.15) is 0 Å². The molecule has 10 nitrogen and oxygen atoms in total. The minimum atomic E-state index is -0.0724. The summed E-state index contributed by atoms with van der Waals surface area (Å²) in [5, 5.41) is 4.86. The summed E-state index contributed by atoms with van der Waals surface area (Å²) in [7, 11) is 3.44. The summed E-state index contributed by atoms with van der Waals surface area (Å²) >= 11 is 1.50. The number of benzene rings is 1. The van der Waals surface area contributed by atoms with E-state index < -0.39 is 0 Å². The third kappa shape index (κ3) is 6.84. The maximum Gasteiger partial charge on any atom is 0.257 e. The average Bonchev–Trinajstić information content (AvgIpc) is 3.51. The second-order valence-corrected chi connectivity index (χ2v) is 11.4. The third-order valence-electron chi connectivity index (χ3n) is 7.59. The van der Waals surface area contributed by atoms with Gasteiger partial charge in [0.1, 0.15) is 5.75 Å². The largest absolute Gasteiger partial charge is 0.496 e. The number of rotatable bonds is 9. The van der Waals surface area contributed by atoms with Crippen LogP contribution in [0, 0.1) is 0 Å². The highest BCUT2D eigenvalue weighted by molar-refractivity contribution is 7.14. The number of thiophene rings is 1. The molecule has 11 heteroatoms. The van der Waals surface area contributed by atoms with Gasteiger partial charge in [-0.1, -0.05) is 19.4 Å². The molecule has 1 aromatic carbocycles. The maximum absolute atomic E-state index is 13.6. The van der Waals surface area contributed by atoms with Gasteiger partial charge < -0.3 is 19.9 Å². The smallest absolute Gasteiger partial charge is 0.257 e. The van der Waals surface area contributed by atoms with Crippen LogP contribution in [-0.2, 0) is 4.79 Å². The quantitative estimate of drug-likeness (QED) is 0.360. The van der Waals surface area contributed by atoms with Crippen molar-refractivity contribution in [3.8, 4) is 27.6 Å². The molecule has 0 radical (unpaired) electrons. The van der Waals surface area contributed by atoms with Gasteiger partial charge in [0.2, 0.25) is 11.9 Å². The fourth-order valence-corrected chi connectivity index (χ4v) is 5.94. The first kappa shape index (κ1) is 29.4. The molecule has 0 bridgehead atoms. The Balaban J connectivity index is 1.26. The lowest BCUT2D eigenvalue weighted by atomic mass is 10.0. The van der Waals surface area contributed by atoms with Crippen LogP contribution >= 0.6 is 11.3 Å². The van der Waals surface area contributed by atoms with Crippen molar-refractivity contribution in [1.29, 1.82) is 0 Å². The summed E-state index contributed by atoms with van der Waals surface area (Å²) in [6.45, 7) is 4.49. The zero-order valence-corrected chi connectivity index (χ0v) is 25.2. The van der Waals surface area contributed by atoms with Crippen molar-refractivity contribution in [1.82, 2.24) is 19.8 Å². The number of ether oxygens (including phenoxy) is 1. The molecule has 4 heterocycles. The Morgan fingerprint density at radius 1 is 1.17 bits per heavy atom. The molecule has 1 fully saturated rings. The number of piperidine rings is 1. The lowest BCUT2D eigenvalue weighted by molar-refractivity contribution is -0.116. The molecule has 2 aliphatic heterocycles. The number of hydrogen-bond acceptors (Lipinski definition) is 9. The van der Waals surface area contributed by atoms with Gasteiger partial charge in [0.15, 0.2) is 0 Å². The van der Waals surface area contributed by atoms with Gasteiger partial charge >= 0.3 is 0 Å². The molecule has 5 rings (SSSR count). The number of aliphatic imine (C=N–C) groups is 2. The predicted octanol–water partition coefficient (Wildman–Crippen LogP) is 5.38. The maximum atomic E-state index is 13.6. The van der Waals surface area contributed by atoms with E-state index in [-0.39, 0.29) is 17.9 Å². The third-order valence-corrected chi connectivity index (χ3v) is 8.54. The summed E-state index contributed by atoms with van der Waals surface area (Å²) < 4.78 is 5.67. The number of carbonyl (C=O) groups excluding carboxylic acids is 2. The normalized spacial score (nSPS) is 15.3. The minimum Gasteiger partial charge on any atom is -0.496 e. The van der Waals surface area contributed by atoms with E-state index in [1.165, 1.54) is 11.3 Å². The molecule has 0 spiro atoms. The van der Waals surface area contributed by atoms with E-state index in [2.05, 4.69) is 32.1 Å². The van der Waals surface area contributed by atoms with Crippen molar-refractivity contribution in [2.24, 2.45) is 9.98 Å². The van der Waals surface area contributed by atoms with Crippen LogP contribution < -0.4 is 10.1 Å². The lowest BCUT2D eigenvalue weighted by Gasteiger charge is -2.37. The summed E-state index contributed by atoms with van der Waals surface area (Å²) in [6.07, 6.45) is 10.3. The molecule has 0 saturated carbocycles. The van der Waals surface area contributed by atoms with Crippen molar-refractivity contribution >= 4 is 41.0 Å². The van der Waals surface area contributed by atoms with Gasteiger partial charge in [-0.3, -0.25) is 19.6 Å². The highest BCUT2D eigenvalue weighted by atomic mass is 32.1. The molecule has 1 saturated heterocycles. The fraction of sp³-hybridized carbons (Fsp3) is 0.419. The van der Waals surface area contributed by atoms with Gasteiger partial charge in [-0.15, -0.1) is 11.3 Å². The second-order valence-electron chi connectivity index (χ2n) is 10.5. The van der Waals surface area contributed by atoms with Crippen molar-refractivity contribution in [3.05, 3.63) is 47.6 Å². The molecule has 2 aromatic heterocycles. The molecule has 0 aliphatic carbocycles. The topological polar surface area (TPSA) is 112 Å². The molecular weight excluding hydrogens is 550 g/mol. The summed E-state index contributed by atoms with van der Waals surface area (Å²) in [5.41, 5.74) is 3.45. The molecule has 3 aromatic rings. The van der Waals surface area contributed by atoms with E-state index in [0.29, 0.717) is 29.1 Å². The van der Waals surface area contributed by atoms with Crippen LogP contribution in [0.4, 0.5) is 5.69 Å². The molecule has 2 aliphatic rings. The summed E-state index contributed by atoms with van der Waals surface area (Å²) in [5.74, 6) is 1.25. The van der Waals surface area contributed by atoms with Crippen molar-refractivity contribution in [3.63, 3.8) is 0 Å². The first-order chi connectivity index (χ1) is 20.5. The van der Waals surface area contributed by atoms with E-state index >= 15 is 0 Å². The zero-order chi connectivity index (χ0) is 29.5. The second kappa shape index (κ2) is 13.7. The van der Waals surface area contributed by atoms with E-state index in [1.54, 1.807) is 25.6 Å². The number of nitrogens with one attached hydrogen (secondary N) is 1. The number of amides is 2. The van der Waals surface area contributed by atoms with Crippen LogP contribution in [0.1, 0.15) is 55.8 Å². The first-order valence-electron chi connectivity index (χ1n) is 14.4. The Morgan fingerprint density at radius 3 is 2.71 bits per heavy atom. The van der Waals surface area contributed by atoms with Gasteiger partial charge in [0.25, 0.3) is 5.91 Å². The number of hydrogen-bond donors (Lipinski definition) is 1. The monoisotopic (exact) mass is 587 g/mol. The molecule has 220 valence electrons. The van der Waals surface area contributed by atoms with Crippen molar-refractivity contribution in [2.45, 2.75) is 51.5 Å². The fourth-order valence-electron chi connectivity index (χ4n) is 5.15. The molecule has 0 unspecified atom stereocenters. The van der Waals surface area contributed by atoms with E-state index in [0.717, 1.165) is 73.8 Å². The zero-order valence-electron chi connectivity index (χ0n) is 24.4. The number of aromatic nitrogens is 2. The number of likely N-dealkylation sites (tertiary alicyclic amines) is 1. The van der Waals surface area contributed by atoms with Crippen molar-refractivity contribution < 1.29 is 14.3 Å². The van der Waals surface area contributed by atoms with E-state index in [4.69, 9.17) is 9.72 Å². The van der Waals surface area contributed by atoms with Crippen LogP contribution in [0.5, 0.6) is 5.75 Å². The number of anilines is 1. The first-order valence-corrected chi connectivity index (χ1v) is 15.3. The molecule has 1 N–H and O–H groups in total. The highest BCUT2D eigenvalue weighted by Crippen LogP contribution is 2.32. The Bertz CT molecular complexity index is 1480. The Kier molecular flexibility index (Phi) is 9.58. The molecule has 42 heavy (non-hydrogen) atoms. The number of methoxy groups -OCH3 is 1. The van der Waals surface area contributed by atoms with Crippen LogP contribution in [0.3, 0.4) is 0 Å². The Labute approximate surface area is 250 Å². The van der Waals surface area contributed by atoms with Gasteiger partial charge in [0.05, 0.1) is 47.0 Å². The van der Waals surface area contributed by atoms with Gasteiger partial charge in [-0.05, 0) is 37.5 Å².